The van der Waals surface area contributed by atoms with E-state index in [-0.39, 0.29) is 30.2 Å². The molecular weight excluding hydrogens is 540 g/mol. The Morgan fingerprint density at radius 2 is 1.81 bits per heavy atom. The Morgan fingerprint density at radius 1 is 1.16 bits per heavy atom. The number of carbonyl (C=O) groups is 2. The van der Waals surface area contributed by atoms with E-state index in [9.17, 15) is 27.5 Å². The number of aliphatic carboxylic acids is 1. The number of benzene rings is 2. The second-order valence-corrected chi connectivity index (χ2v) is 14.0. The van der Waals surface area contributed by atoms with Gasteiger partial charge in [-0.05, 0) is 73.1 Å². The molecule has 1 saturated carbocycles. The average molecular weight is 571 g/mol. The molecule has 0 radical (unpaired) electrons. The van der Waals surface area contributed by atoms with Gasteiger partial charge in [0.1, 0.15) is 5.82 Å². The molecular formula is C27H30Cl2FNO5S. The van der Waals surface area contributed by atoms with Crippen molar-refractivity contribution in [2.75, 3.05) is 0 Å². The van der Waals surface area contributed by atoms with Crippen LogP contribution in [0.25, 0.3) is 0 Å². The fraction of sp³-hybridized carbons (Fsp3) is 0.481. The third-order valence-corrected chi connectivity index (χ3v) is 10.8. The van der Waals surface area contributed by atoms with E-state index in [1.807, 2.05) is 6.92 Å². The van der Waals surface area contributed by atoms with Gasteiger partial charge in [-0.15, -0.1) is 0 Å². The number of amides is 1. The highest BCUT2D eigenvalue weighted by molar-refractivity contribution is 7.92. The van der Waals surface area contributed by atoms with Crippen LogP contribution in [0.15, 0.2) is 42.5 Å². The molecule has 37 heavy (non-hydrogen) atoms. The van der Waals surface area contributed by atoms with E-state index in [2.05, 4.69) is 5.32 Å². The molecule has 6 nitrogen and oxygen atoms in total. The van der Waals surface area contributed by atoms with Crippen molar-refractivity contribution in [2.45, 2.75) is 68.4 Å². The molecule has 200 valence electrons. The van der Waals surface area contributed by atoms with Gasteiger partial charge in [0.15, 0.2) is 9.84 Å². The van der Waals surface area contributed by atoms with Crippen molar-refractivity contribution in [1.82, 2.24) is 5.32 Å². The molecule has 1 aliphatic heterocycles. The van der Waals surface area contributed by atoms with Crippen molar-refractivity contribution in [3.05, 3.63) is 69.5 Å². The van der Waals surface area contributed by atoms with Gasteiger partial charge >= 0.3 is 5.97 Å². The third-order valence-electron chi connectivity index (χ3n) is 7.63. The highest BCUT2D eigenvalue weighted by atomic mass is 35.5. The van der Waals surface area contributed by atoms with Gasteiger partial charge < -0.3 is 10.4 Å². The molecule has 0 bridgehead atoms. The van der Waals surface area contributed by atoms with E-state index in [4.69, 9.17) is 23.2 Å². The molecule has 0 aromatic heterocycles. The Labute approximate surface area is 226 Å². The second kappa shape index (κ2) is 10.5. The summed E-state index contributed by atoms with van der Waals surface area (Å²) in [6.07, 6.45) is 1.24. The molecule has 1 aliphatic carbocycles. The maximum absolute atomic E-state index is 14.4. The molecule has 0 spiro atoms. The lowest BCUT2D eigenvalue weighted by atomic mass is 9.67. The van der Waals surface area contributed by atoms with E-state index >= 15 is 0 Å². The molecule has 10 heteroatoms. The molecule has 2 fully saturated rings. The minimum atomic E-state index is -3.49. The van der Waals surface area contributed by atoms with Crippen molar-refractivity contribution in [3.63, 3.8) is 0 Å². The average Bonchev–Trinajstić information content (AvgIpc) is 3.64. The standard InChI is InChI=1S/C27H30Cl2FNO5S/c1-15(9-23(37(35,36)21-7-8-21)16-3-5-18(28)6-4-16)25-22(17-10-19(29)12-20(30)11-17)13-27(2,14-24(32)33)26(34)31-25/h3-6,10-12,15,21-23,25H,7-9,13-14H2,1-2H3,(H,31,34)(H,32,33). The Bertz CT molecular complexity index is 1280. The van der Waals surface area contributed by atoms with Crippen LogP contribution in [-0.2, 0) is 19.4 Å². The summed E-state index contributed by atoms with van der Waals surface area (Å²) < 4.78 is 41.3. The zero-order valence-electron chi connectivity index (χ0n) is 20.6. The van der Waals surface area contributed by atoms with Crippen LogP contribution in [0.3, 0.4) is 0 Å². The lowest BCUT2D eigenvalue weighted by Gasteiger charge is -2.45. The molecule has 1 heterocycles. The first-order valence-corrected chi connectivity index (χ1v) is 14.6. The van der Waals surface area contributed by atoms with Gasteiger partial charge in [0.2, 0.25) is 5.91 Å². The first-order valence-electron chi connectivity index (χ1n) is 12.3. The van der Waals surface area contributed by atoms with Crippen molar-refractivity contribution in [2.24, 2.45) is 11.3 Å². The Morgan fingerprint density at radius 3 is 2.38 bits per heavy atom. The summed E-state index contributed by atoms with van der Waals surface area (Å²) >= 11 is 12.2. The van der Waals surface area contributed by atoms with Gasteiger partial charge in [-0.2, -0.15) is 0 Å². The molecule has 5 unspecified atom stereocenters. The minimum Gasteiger partial charge on any atom is -0.481 e. The van der Waals surface area contributed by atoms with E-state index in [1.165, 1.54) is 12.1 Å². The van der Waals surface area contributed by atoms with E-state index in [0.29, 0.717) is 29.0 Å². The summed E-state index contributed by atoms with van der Waals surface area (Å²) in [5, 5.41) is 11.9. The van der Waals surface area contributed by atoms with Gasteiger partial charge in [0.05, 0.1) is 22.3 Å². The Kier molecular flexibility index (Phi) is 7.94. The number of hydrogen-bond acceptors (Lipinski definition) is 4. The number of piperidine rings is 1. The molecule has 5 atom stereocenters. The highest BCUT2D eigenvalue weighted by Crippen LogP contribution is 2.47. The number of nitrogens with one attached hydrogen (secondary N) is 1. The normalized spacial score (nSPS) is 25.8. The van der Waals surface area contributed by atoms with Crippen LogP contribution in [0, 0.1) is 17.2 Å². The molecule has 2 N–H and O–H groups in total. The van der Waals surface area contributed by atoms with Crippen molar-refractivity contribution < 1.29 is 27.5 Å². The predicted octanol–water partition coefficient (Wildman–Crippen LogP) is 5.93. The van der Waals surface area contributed by atoms with Crippen LogP contribution < -0.4 is 5.32 Å². The van der Waals surface area contributed by atoms with Gasteiger partial charge in [-0.25, -0.2) is 12.8 Å². The minimum absolute atomic E-state index is 0.154. The smallest absolute Gasteiger partial charge is 0.304 e. The van der Waals surface area contributed by atoms with Crippen molar-refractivity contribution in [1.29, 1.82) is 0 Å². The van der Waals surface area contributed by atoms with E-state index in [1.54, 1.807) is 37.3 Å². The first-order chi connectivity index (χ1) is 17.3. The van der Waals surface area contributed by atoms with Gasteiger partial charge in [-0.3, -0.25) is 9.59 Å². The Hall–Kier alpha value is -2.16. The molecule has 4 rings (SSSR count). The maximum atomic E-state index is 14.4. The van der Waals surface area contributed by atoms with Crippen LogP contribution in [0.5, 0.6) is 0 Å². The number of rotatable bonds is 9. The summed E-state index contributed by atoms with van der Waals surface area (Å²) in [4.78, 5) is 24.7. The van der Waals surface area contributed by atoms with Crippen LogP contribution in [0.4, 0.5) is 4.39 Å². The number of carboxylic acids is 1. The number of sulfone groups is 1. The number of hydrogen-bond donors (Lipinski definition) is 2. The monoisotopic (exact) mass is 569 g/mol. The molecule has 2 aliphatic rings. The van der Waals surface area contributed by atoms with E-state index in [0.717, 1.165) is 0 Å². The lowest BCUT2D eigenvalue weighted by Crippen LogP contribution is -2.56. The fourth-order valence-corrected chi connectivity index (χ4v) is 8.24. The van der Waals surface area contributed by atoms with Crippen LogP contribution >= 0.6 is 23.2 Å². The maximum Gasteiger partial charge on any atom is 0.304 e. The molecule has 1 amide bonds. The van der Waals surface area contributed by atoms with Gasteiger partial charge in [0.25, 0.3) is 0 Å². The topological polar surface area (TPSA) is 101 Å². The highest BCUT2D eigenvalue weighted by Gasteiger charge is 2.49. The first kappa shape index (κ1) is 27.9. The zero-order chi connectivity index (χ0) is 27.1. The Balaban J connectivity index is 1.71. The fourth-order valence-electron chi connectivity index (χ4n) is 5.52. The predicted molar refractivity (Wildman–Crippen MR) is 141 cm³/mol. The van der Waals surface area contributed by atoms with Crippen LogP contribution in [0.2, 0.25) is 10.0 Å². The van der Waals surface area contributed by atoms with Gasteiger partial charge in [0, 0.05) is 22.0 Å². The van der Waals surface area contributed by atoms with Crippen molar-refractivity contribution in [3.8, 4) is 0 Å². The molecule has 2 aromatic rings. The summed E-state index contributed by atoms with van der Waals surface area (Å²) in [6, 6.07) is 10.3. The zero-order valence-corrected chi connectivity index (χ0v) is 22.9. The SMILES string of the molecule is CC(CC(c1ccc(Cl)cc1)S(=O)(=O)C1CC1)C1NC(=O)C(C)(CC(=O)O)CC1c1cc(F)cc(Cl)c1. The third kappa shape index (κ3) is 6.13. The number of carbonyl (C=O) groups excluding carboxylic acids is 1. The largest absolute Gasteiger partial charge is 0.481 e. The summed E-state index contributed by atoms with van der Waals surface area (Å²) in [6.45, 7) is 3.45. The molecule has 2 aromatic carbocycles. The van der Waals surface area contributed by atoms with E-state index < -0.39 is 55.4 Å². The number of halogens is 3. The van der Waals surface area contributed by atoms with Crippen LogP contribution in [-0.4, -0.2) is 36.7 Å². The quantitative estimate of drug-likeness (QED) is 0.389. The summed E-state index contributed by atoms with van der Waals surface area (Å²) in [7, 11) is -3.49. The lowest BCUT2D eigenvalue weighted by molar-refractivity contribution is -0.147. The second-order valence-electron chi connectivity index (χ2n) is 10.7. The van der Waals surface area contributed by atoms with Gasteiger partial charge in [-0.1, -0.05) is 49.2 Å². The summed E-state index contributed by atoms with van der Waals surface area (Å²) in [5.41, 5.74) is -0.0563. The molecule has 1 saturated heterocycles. The summed E-state index contributed by atoms with van der Waals surface area (Å²) in [5.74, 6) is -2.89. The number of carboxylic acid groups (broad SMARTS) is 1. The van der Waals surface area contributed by atoms with Crippen molar-refractivity contribution >= 4 is 44.9 Å². The van der Waals surface area contributed by atoms with Crippen LogP contribution in [0.1, 0.15) is 68.2 Å².